The summed E-state index contributed by atoms with van der Waals surface area (Å²) in [5, 5.41) is 2.70. The van der Waals surface area contributed by atoms with Gasteiger partial charge in [-0.1, -0.05) is 0 Å². The van der Waals surface area contributed by atoms with Gasteiger partial charge < -0.3 is 10.3 Å². The van der Waals surface area contributed by atoms with Gasteiger partial charge in [0.05, 0.1) is 20.5 Å². The summed E-state index contributed by atoms with van der Waals surface area (Å²) in [4.78, 5) is 21.6. The van der Waals surface area contributed by atoms with E-state index in [1.54, 1.807) is 0 Å². The molecule has 0 bridgehead atoms. The number of hydrogen-bond donors (Lipinski definition) is 2. The summed E-state index contributed by atoms with van der Waals surface area (Å²) >= 11 is 1.94. The summed E-state index contributed by atoms with van der Waals surface area (Å²) in [6.45, 7) is 0.499. The lowest BCUT2D eigenvalue weighted by atomic mass is 10.1. The van der Waals surface area contributed by atoms with Crippen LogP contribution in [0.5, 0.6) is 0 Å². The number of halogens is 4. The largest absolute Gasteiger partial charge is 0.451 e. The fraction of sp³-hybridized carbons (Fsp3) is 0.250. The molecule has 5 nitrogen and oxygen atoms in total. The monoisotopic (exact) mass is 408 g/mol. The predicted molar refractivity (Wildman–Crippen MR) is 75.6 cm³/mol. The molecule has 3 rings (SSSR count). The van der Waals surface area contributed by atoms with Crippen molar-refractivity contribution in [1.29, 1.82) is 0 Å². The zero-order chi connectivity index (χ0) is 15.2. The van der Waals surface area contributed by atoms with Gasteiger partial charge in [-0.05, 0) is 28.7 Å². The summed E-state index contributed by atoms with van der Waals surface area (Å²) in [7, 11) is 0. The van der Waals surface area contributed by atoms with Crippen LogP contribution in [-0.2, 0) is 12.6 Å². The molecular weight excluding hydrogens is 400 g/mol. The molecule has 0 spiro atoms. The highest BCUT2D eigenvalue weighted by Gasteiger charge is 2.35. The van der Waals surface area contributed by atoms with Crippen molar-refractivity contribution in [3.63, 3.8) is 0 Å². The van der Waals surface area contributed by atoms with Crippen LogP contribution in [0.2, 0.25) is 0 Å². The molecule has 2 aromatic heterocycles. The van der Waals surface area contributed by atoms with Crippen LogP contribution in [0.1, 0.15) is 21.9 Å². The van der Waals surface area contributed by atoms with Crippen molar-refractivity contribution >= 4 is 28.5 Å². The molecule has 1 aliphatic rings. The number of nitrogens with zero attached hydrogens (tertiary/aromatic N) is 2. The van der Waals surface area contributed by atoms with E-state index in [-0.39, 0.29) is 11.6 Å². The summed E-state index contributed by atoms with van der Waals surface area (Å²) in [5.74, 6) is -1.43. The van der Waals surface area contributed by atoms with Crippen molar-refractivity contribution in [3.8, 4) is 11.4 Å². The minimum atomic E-state index is -4.61. The molecule has 0 aliphatic carbocycles. The first-order valence-corrected chi connectivity index (χ1v) is 7.05. The van der Waals surface area contributed by atoms with E-state index in [1.165, 1.54) is 6.07 Å². The van der Waals surface area contributed by atoms with Crippen molar-refractivity contribution < 1.29 is 18.0 Å². The second kappa shape index (κ2) is 4.97. The fourth-order valence-corrected chi connectivity index (χ4v) is 3.13. The van der Waals surface area contributed by atoms with Crippen LogP contribution >= 0.6 is 22.6 Å². The summed E-state index contributed by atoms with van der Waals surface area (Å²) in [6, 6.07) is 1.38. The topological polar surface area (TPSA) is 70.7 Å². The lowest BCUT2D eigenvalue weighted by Gasteiger charge is -2.11. The van der Waals surface area contributed by atoms with E-state index in [1.807, 2.05) is 22.6 Å². The van der Waals surface area contributed by atoms with Gasteiger partial charge in [-0.3, -0.25) is 4.79 Å². The average molecular weight is 408 g/mol. The Morgan fingerprint density at radius 3 is 2.76 bits per heavy atom. The van der Waals surface area contributed by atoms with E-state index in [0.717, 1.165) is 6.20 Å². The maximum atomic E-state index is 12.7. The molecule has 3 heterocycles. The van der Waals surface area contributed by atoms with Gasteiger partial charge in [-0.2, -0.15) is 13.2 Å². The average Bonchev–Trinajstić information content (AvgIpc) is 2.77. The fourth-order valence-electron chi connectivity index (χ4n) is 2.15. The van der Waals surface area contributed by atoms with Crippen LogP contribution in [-0.4, -0.2) is 27.4 Å². The number of aromatic amines is 1. The molecule has 0 radical (unpaired) electrons. The van der Waals surface area contributed by atoms with E-state index in [0.29, 0.717) is 33.5 Å². The molecule has 2 N–H and O–H groups in total. The Balaban J connectivity index is 2.12. The van der Waals surface area contributed by atoms with E-state index in [9.17, 15) is 18.0 Å². The van der Waals surface area contributed by atoms with Crippen LogP contribution in [0.15, 0.2) is 12.3 Å². The summed E-state index contributed by atoms with van der Waals surface area (Å²) in [5.41, 5.74) is 1.71. The number of nitrogens with one attached hydrogen (secondary N) is 2. The van der Waals surface area contributed by atoms with Gasteiger partial charge in [0.15, 0.2) is 0 Å². The number of carbonyl (C=O) groups excluding carboxylic acids is 1. The van der Waals surface area contributed by atoms with E-state index in [2.05, 4.69) is 20.3 Å². The van der Waals surface area contributed by atoms with Gasteiger partial charge in [-0.25, -0.2) is 9.97 Å². The van der Waals surface area contributed by atoms with Crippen LogP contribution in [0, 0.1) is 3.57 Å². The van der Waals surface area contributed by atoms with Crippen LogP contribution in [0.3, 0.4) is 0 Å². The standard InChI is InChI=1S/C12H8F3IN4O/c13-12(14,15)11-18-4-2-6(20-11)9-8(16)7-5(19-9)1-3-17-10(7)21/h2,4,19H,1,3H2,(H,17,21). The van der Waals surface area contributed by atoms with Gasteiger partial charge in [0, 0.05) is 24.9 Å². The minimum Gasteiger partial charge on any atom is -0.356 e. The van der Waals surface area contributed by atoms with E-state index in [4.69, 9.17) is 0 Å². The molecule has 0 atom stereocenters. The van der Waals surface area contributed by atoms with Crippen LogP contribution < -0.4 is 5.32 Å². The quantitative estimate of drug-likeness (QED) is 0.713. The number of aromatic nitrogens is 3. The lowest BCUT2D eigenvalue weighted by Crippen LogP contribution is -2.31. The molecule has 0 unspecified atom stereocenters. The number of fused-ring (bicyclic) bond motifs is 1. The minimum absolute atomic E-state index is 0.115. The Hall–Kier alpha value is -1.65. The maximum absolute atomic E-state index is 12.7. The van der Waals surface area contributed by atoms with Crippen LogP contribution in [0.25, 0.3) is 11.4 Å². The van der Waals surface area contributed by atoms with Gasteiger partial charge in [0.2, 0.25) is 5.82 Å². The van der Waals surface area contributed by atoms with Gasteiger partial charge in [0.1, 0.15) is 0 Å². The van der Waals surface area contributed by atoms with Gasteiger partial charge in [0.25, 0.3) is 5.91 Å². The second-order valence-corrected chi connectivity index (χ2v) is 5.52. The molecule has 21 heavy (non-hydrogen) atoms. The van der Waals surface area contributed by atoms with Crippen LogP contribution in [0.4, 0.5) is 13.2 Å². The molecule has 1 amide bonds. The van der Waals surface area contributed by atoms with E-state index < -0.39 is 12.0 Å². The number of hydrogen-bond acceptors (Lipinski definition) is 3. The van der Waals surface area contributed by atoms with Crippen molar-refractivity contribution in [2.45, 2.75) is 12.6 Å². The van der Waals surface area contributed by atoms with Crippen molar-refractivity contribution in [2.75, 3.05) is 6.54 Å². The Bertz CT molecular complexity index is 726. The Morgan fingerprint density at radius 1 is 1.33 bits per heavy atom. The maximum Gasteiger partial charge on any atom is 0.451 e. The molecule has 0 saturated heterocycles. The SMILES string of the molecule is O=C1NCCc2[nH]c(-c3ccnc(C(F)(F)F)n3)c(I)c21. The van der Waals surface area contributed by atoms with Crippen molar-refractivity contribution in [3.05, 3.63) is 32.9 Å². The molecule has 0 aromatic carbocycles. The smallest absolute Gasteiger partial charge is 0.356 e. The Morgan fingerprint density at radius 2 is 2.10 bits per heavy atom. The number of alkyl halides is 3. The predicted octanol–water partition coefficient (Wildman–Crippen LogP) is 2.38. The summed E-state index contributed by atoms with van der Waals surface area (Å²) in [6.07, 6.45) is -2.94. The Labute approximate surface area is 130 Å². The molecule has 9 heteroatoms. The lowest BCUT2D eigenvalue weighted by molar-refractivity contribution is -0.144. The zero-order valence-corrected chi connectivity index (χ0v) is 12.5. The molecule has 1 aliphatic heterocycles. The van der Waals surface area contributed by atoms with Gasteiger partial charge in [-0.15, -0.1) is 0 Å². The molecular formula is C12H8F3IN4O. The number of H-pyrrole nitrogens is 1. The normalized spacial score (nSPS) is 14.8. The second-order valence-electron chi connectivity index (χ2n) is 4.44. The number of carbonyl (C=O) groups is 1. The third kappa shape index (κ3) is 2.49. The number of amides is 1. The zero-order valence-electron chi connectivity index (χ0n) is 10.4. The first-order valence-electron chi connectivity index (χ1n) is 5.97. The van der Waals surface area contributed by atoms with Crippen molar-refractivity contribution in [2.24, 2.45) is 0 Å². The highest BCUT2D eigenvalue weighted by atomic mass is 127. The molecule has 0 fully saturated rings. The van der Waals surface area contributed by atoms with Crippen molar-refractivity contribution in [1.82, 2.24) is 20.3 Å². The molecule has 2 aromatic rings. The molecule has 110 valence electrons. The van der Waals surface area contributed by atoms with E-state index >= 15 is 0 Å². The van der Waals surface area contributed by atoms with Gasteiger partial charge >= 0.3 is 6.18 Å². The highest BCUT2D eigenvalue weighted by molar-refractivity contribution is 14.1. The third-order valence-corrected chi connectivity index (χ3v) is 4.15. The highest BCUT2D eigenvalue weighted by Crippen LogP contribution is 2.32. The first kappa shape index (κ1) is 14.3. The third-order valence-electron chi connectivity index (χ3n) is 3.07. The summed E-state index contributed by atoms with van der Waals surface area (Å²) < 4.78 is 38.6. The number of rotatable bonds is 1. The Kier molecular flexibility index (Phi) is 3.38. The molecule has 0 saturated carbocycles. The first-order chi connectivity index (χ1) is 9.88.